The van der Waals surface area contributed by atoms with E-state index in [2.05, 4.69) is 53.1 Å². The number of alkyl halides is 2. The van der Waals surface area contributed by atoms with Gasteiger partial charge in [0.2, 0.25) is 11.8 Å². The summed E-state index contributed by atoms with van der Waals surface area (Å²) in [6.45, 7) is 8.81. The molecule has 2 aromatic heterocycles. The molecule has 0 bridgehead atoms. The molecule has 3 N–H and O–H groups in total. The van der Waals surface area contributed by atoms with Crippen molar-refractivity contribution in [2.75, 3.05) is 19.6 Å². The molecule has 0 spiro atoms. The fraction of sp³-hybridized carbons (Fsp3) is 0.585. The molecule has 2 aliphatic heterocycles. The number of hydrogen-bond acceptors (Lipinski definition) is 3. The molecule has 2 aliphatic carbocycles. The molecule has 6 nitrogen and oxygen atoms in total. The van der Waals surface area contributed by atoms with Gasteiger partial charge in [-0.15, -0.1) is 0 Å². The molecule has 4 aromatic rings. The van der Waals surface area contributed by atoms with Crippen LogP contribution in [0.2, 0.25) is 10.0 Å². The number of amides is 1. The average molecular weight is 739 g/mol. The van der Waals surface area contributed by atoms with Crippen molar-refractivity contribution in [2.24, 2.45) is 11.8 Å². The second-order valence-corrected chi connectivity index (χ2v) is 17.4. The number of carbonyl (C=O) groups is 1. The van der Waals surface area contributed by atoms with E-state index < -0.39 is 5.92 Å². The van der Waals surface area contributed by atoms with Gasteiger partial charge in [-0.1, -0.05) is 44.0 Å². The van der Waals surface area contributed by atoms with Crippen LogP contribution < -0.4 is 5.32 Å². The first-order chi connectivity index (χ1) is 24.4. The quantitative estimate of drug-likeness (QED) is 0.152. The number of benzene rings is 2. The van der Waals surface area contributed by atoms with Crippen LogP contribution in [-0.2, 0) is 11.2 Å². The lowest BCUT2D eigenvalue weighted by atomic mass is 9.79. The average Bonchev–Trinajstić information content (AvgIpc) is 3.76. The van der Waals surface area contributed by atoms with E-state index in [1.165, 1.54) is 35.0 Å². The van der Waals surface area contributed by atoms with Crippen molar-refractivity contribution in [1.82, 2.24) is 25.1 Å². The van der Waals surface area contributed by atoms with Gasteiger partial charge in [0.25, 0.3) is 0 Å². The molecule has 1 amide bonds. The minimum atomic E-state index is -2.59. The van der Waals surface area contributed by atoms with Crippen LogP contribution in [0.1, 0.15) is 119 Å². The monoisotopic (exact) mass is 737 g/mol. The third kappa shape index (κ3) is 7.19. The lowest BCUT2D eigenvalue weighted by molar-refractivity contribution is -0.134. The van der Waals surface area contributed by atoms with Crippen molar-refractivity contribution in [1.29, 1.82) is 0 Å². The van der Waals surface area contributed by atoms with Gasteiger partial charge in [0.05, 0.1) is 18.6 Å². The number of fused-ring (bicyclic) bond motifs is 6. The third-order valence-electron chi connectivity index (χ3n) is 12.2. The molecule has 2 fully saturated rings. The molecule has 4 heterocycles. The number of nitrogens with zero attached hydrogens (tertiary/aromatic N) is 2. The highest BCUT2D eigenvalue weighted by atomic mass is 35.5. The zero-order valence-electron chi connectivity index (χ0n) is 30.0. The van der Waals surface area contributed by atoms with Gasteiger partial charge in [0.15, 0.2) is 0 Å². The summed E-state index contributed by atoms with van der Waals surface area (Å²) in [6, 6.07) is 13.1. The highest BCUT2D eigenvalue weighted by molar-refractivity contribution is 6.31. The van der Waals surface area contributed by atoms with Gasteiger partial charge < -0.3 is 20.2 Å². The fourth-order valence-electron chi connectivity index (χ4n) is 9.67. The van der Waals surface area contributed by atoms with Gasteiger partial charge in [0, 0.05) is 81.3 Å². The van der Waals surface area contributed by atoms with E-state index in [-0.39, 0.29) is 37.4 Å². The number of rotatable bonds is 10. The molecule has 4 atom stereocenters. The number of carbonyl (C=O) groups excluding carboxylic acids is 1. The standard InChI is InChI=1S/C41H51Cl2F2N5O/c1-23(2)16-35-40-38(32-20-27(43)5-9-34(32)48-40)25(22-50(35)29-6-7-29)17-24(3)18-36-39-30(31-19-26(42)4-8-33(31)47-39)12-15-49(36)37(51)21-46-28-10-13-41(44,45)14-11-28/h4-5,8-9,19-20,23-25,28-29,35-36,46-48H,6-7,10-18,21-22H2,1-3H3/t24?,25?,35?,36-/m0/s1. The summed E-state index contributed by atoms with van der Waals surface area (Å²) in [4.78, 5) is 26.5. The second-order valence-electron chi connectivity index (χ2n) is 16.6. The maximum Gasteiger partial charge on any atom is 0.248 e. The summed E-state index contributed by atoms with van der Waals surface area (Å²) in [5, 5.41) is 7.20. The lowest BCUT2D eigenvalue weighted by Gasteiger charge is -2.42. The minimum Gasteiger partial charge on any atom is -0.357 e. The SMILES string of the molecule is CC(C)CC1c2[nH]c3ccc(Cl)cc3c2C(CC(C)C[C@H]2c3[nH]c4ccc(Cl)cc4c3CCN2C(=O)CNC2CCC(F)(F)CC2)CN1C1CC1. The van der Waals surface area contributed by atoms with Gasteiger partial charge in [-0.25, -0.2) is 8.78 Å². The molecule has 10 heteroatoms. The van der Waals surface area contributed by atoms with Crippen molar-refractivity contribution in [2.45, 2.75) is 121 Å². The topological polar surface area (TPSA) is 67.2 Å². The van der Waals surface area contributed by atoms with Crippen molar-refractivity contribution >= 4 is 50.9 Å². The summed E-state index contributed by atoms with van der Waals surface area (Å²) in [6.07, 6.45) is 6.77. The van der Waals surface area contributed by atoms with Gasteiger partial charge in [0.1, 0.15) is 0 Å². The predicted octanol–water partition coefficient (Wildman–Crippen LogP) is 10.3. The fourth-order valence-corrected chi connectivity index (χ4v) is 10.0. The third-order valence-corrected chi connectivity index (χ3v) is 12.7. The number of H-pyrrole nitrogens is 2. The number of halogens is 4. The maximum atomic E-state index is 14.0. The van der Waals surface area contributed by atoms with Crippen LogP contribution in [0, 0.1) is 11.8 Å². The first kappa shape index (κ1) is 35.4. The number of hydrogen-bond donors (Lipinski definition) is 3. The van der Waals surface area contributed by atoms with E-state index >= 15 is 0 Å². The summed E-state index contributed by atoms with van der Waals surface area (Å²) in [7, 11) is 0. The molecule has 8 rings (SSSR count). The molecule has 51 heavy (non-hydrogen) atoms. The van der Waals surface area contributed by atoms with Crippen molar-refractivity contribution < 1.29 is 13.6 Å². The Morgan fingerprint density at radius 1 is 0.902 bits per heavy atom. The highest BCUT2D eigenvalue weighted by Crippen LogP contribution is 2.50. The van der Waals surface area contributed by atoms with Crippen LogP contribution in [0.5, 0.6) is 0 Å². The Balaban J connectivity index is 1.08. The zero-order chi connectivity index (χ0) is 35.6. The molecular formula is C41H51Cl2F2N5O. The lowest BCUT2D eigenvalue weighted by Crippen LogP contribution is -2.47. The zero-order valence-corrected chi connectivity index (χ0v) is 31.5. The molecule has 3 unspecified atom stereocenters. The van der Waals surface area contributed by atoms with Gasteiger partial charge in [-0.2, -0.15) is 0 Å². The van der Waals surface area contributed by atoms with Crippen LogP contribution in [0.15, 0.2) is 36.4 Å². The molecule has 2 aromatic carbocycles. The molecule has 274 valence electrons. The van der Waals surface area contributed by atoms with Crippen LogP contribution in [0.25, 0.3) is 21.8 Å². The molecule has 4 aliphatic rings. The number of aromatic amines is 2. The van der Waals surface area contributed by atoms with E-state index in [0.29, 0.717) is 54.2 Å². The molecule has 2 saturated carbocycles. The van der Waals surface area contributed by atoms with E-state index in [0.717, 1.165) is 59.4 Å². The maximum absolute atomic E-state index is 14.0. The summed E-state index contributed by atoms with van der Waals surface area (Å²) >= 11 is 13.1. The Bertz CT molecular complexity index is 1910. The minimum absolute atomic E-state index is 0.0366. The van der Waals surface area contributed by atoms with E-state index in [9.17, 15) is 13.6 Å². The van der Waals surface area contributed by atoms with Gasteiger partial charge in [-0.05, 0) is 117 Å². The van der Waals surface area contributed by atoms with E-state index in [4.69, 9.17) is 23.2 Å². The first-order valence-electron chi connectivity index (χ1n) is 19.2. The van der Waals surface area contributed by atoms with Crippen LogP contribution in [0.3, 0.4) is 0 Å². The number of aromatic nitrogens is 2. The van der Waals surface area contributed by atoms with Crippen LogP contribution >= 0.6 is 23.2 Å². The van der Waals surface area contributed by atoms with Gasteiger partial charge >= 0.3 is 0 Å². The Labute approximate surface area is 310 Å². The van der Waals surface area contributed by atoms with Crippen molar-refractivity contribution in [3.63, 3.8) is 0 Å². The summed E-state index contributed by atoms with van der Waals surface area (Å²) in [5.41, 5.74) is 7.36. The van der Waals surface area contributed by atoms with Crippen LogP contribution in [0.4, 0.5) is 8.78 Å². The van der Waals surface area contributed by atoms with E-state index in [1.807, 2.05) is 29.2 Å². The Morgan fingerprint density at radius 3 is 2.25 bits per heavy atom. The Kier molecular flexibility index (Phi) is 9.69. The molecule has 0 radical (unpaired) electrons. The summed E-state index contributed by atoms with van der Waals surface area (Å²) < 4.78 is 27.7. The molecule has 0 saturated heterocycles. The first-order valence-corrected chi connectivity index (χ1v) is 20.0. The van der Waals surface area contributed by atoms with Gasteiger partial charge in [-0.3, -0.25) is 9.69 Å². The Hall–Kier alpha value is -2.65. The predicted molar refractivity (Wildman–Crippen MR) is 203 cm³/mol. The highest BCUT2D eigenvalue weighted by Gasteiger charge is 2.44. The van der Waals surface area contributed by atoms with Crippen LogP contribution in [-0.4, -0.2) is 63.3 Å². The largest absolute Gasteiger partial charge is 0.357 e. The molecular weight excluding hydrogens is 687 g/mol. The normalized spacial score (nSPS) is 24.7. The smallest absolute Gasteiger partial charge is 0.248 e. The number of nitrogens with one attached hydrogen (secondary N) is 3. The van der Waals surface area contributed by atoms with Crippen molar-refractivity contribution in [3.8, 4) is 0 Å². The summed E-state index contributed by atoms with van der Waals surface area (Å²) in [5.74, 6) is -1.32. The Morgan fingerprint density at radius 2 is 1.57 bits per heavy atom. The van der Waals surface area contributed by atoms with E-state index in [1.54, 1.807) is 0 Å². The second kappa shape index (κ2) is 14.0. The van der Waals surface area contributed by atoms with Crippen molar-refractivity contribution in [3.05, 3.63) is 69.0 Å².